The Hall–Kier alpha value is -2.18. The molecule has 0 aliphatic carbocycles. The first-order valence-electron chi connectivity index (χ1n) is 6.12. The van der Waals surface area contributed by atoms with E-state index in [9.17, 15) is 8.42 Å². The van der Waals surface area contributed by atoms with E-state index in [1.54, 1.807) is 36.5 Å². The summed E-state index contributed by atoms with van der Waals surface area (Å²) in [5, 5.41) is 1.28. The number of anilines is 2. The first-order chi connectivity index (χ1) is 9.99. The molecule has 3 aromatic rings. The van der Waals surface area contributed by atoms with Gasteiger partial charge in [0.1, 0.15) is 4.90 Å². The van der Waals surface area contributed by atoms with E-state index in [1.165, 1.54) is 6.07 Å². The molecule has 0 aliphatic rings. The van der Waals surface area contributed by atoms with Crippen LogP contribution in [0.3, 0.4) is 0 Å². The molecule has 1 aromatic heterocycles. The highest BCUT2D eigenvalue weighted by Gasteiger charge is 2.18. The molecule has 7 heteroatoms. The van der Waals surface area contributed by atoms with Crippen molar-refractivity contribution in [1.82, 2.24) is 4.98 Å². The molecule has 0 saturated carbocycles. The number of aromatic amines is 1. The van der Waals surface area contributed by atoms with E-state index in [1.807, 2.05) is 6.07 Å². The number of nitrogen functional groups attached to an aromatic ring is 1. The highest BCUT2D eigenvalue weighted by molar-refractivity contribution is 7.93. The molecule has 21 heavy (non-hydrogen) atoms. The van der Waals surface area contributed by atoms with Crippen LogP contribution in [0.25, 0.3) is 10.9 Å². The zero-order valence-corrected chi connectivity index (χ0v) is 12.4. The van der Waals surface area contributed by atoms with Gasteiger partial charge >= 0.3 is 0 Å². The van der Waals surface area contributed by atoms with Crippen molar-refractivity contribution in [2.45, 2.75) is 4.90 Å². The summed E-state index contributed by atoms with van der Waals surface area (Å²) in [7, 11) is -3.76. The third-order valence-electron chi connectivity index (χ3n) is 3.12. The quantitative estimate of drug-likeness (QED) is 0.647. The molecule has 0 bridgehead atoms. The molecule has 0 radical (unpaired) electrons. The molecule has 0 atom stereocenters. The summed E-state index contributed by atoms with van der Waals surface area (Å²) in [6.07, 6.45) is 1.61. The summed E-state index contributed by atoms with van der Waals surface area (Å²) in [6, 6.07) is 11.5. The van der Waals surface area contributed by atoms with Gasteiger partial charge in [0.2, 0.25) is 0 Å². The van der Waals surface area contributed by atoms with Crippen molar-refractivity contribution in [2.75, 3.05) is 10.5 Å². The van der Waals surface area contributed by atoms with Crippen molar-refractivity contribution in [2.24, 2.45) is 0 Å². The Kier molecular flexibility index (Phi) is 3.27. The van der Waals surface area contributed by atoms with Crippen LogP contribution in [0, 0.1) is 0 Å². The van der Waals surface area contributed by atoms with E-state index < -0.39 is 10.0 Å². The van der Waals surface area contributed by atoms with Crippen LogP contribution in [0.2, 0.25) is 5.02 Å². The number of nitrogens with one attached hydrogen (secondary N) is 2. The van der Waals surface area contributed by atoms with Crippen molar-refractivity contribution in [1.29, 1.82) is 0 Å². The van der Waals surface area contributed by atoms with Gasteiger partial charge in [-0.1, -0.05) is 35.9 Å². The molecule has 0 unspecified atom stereocenters. The number of rotatable bonds is 3. The van der Waals surface area contributed by atoms with Gasteiger partial charge in [-0.3, -0.25) is 4.72 Å². The second kappa shape index (κ2) is 4.98. The third-order valence-corrected chi connectivity index (χ3v) is 4.87. The number of nitrogens with two attached hydrogens (primary N) is 1. The van der Waals surface area contributed by atoms with Crippen molar-refractivity contribution in [3.8, 4) is 0 Å². The van der Waals surface area contributed by atoms with Crippen LogP contribution < -0.4 is 10.5 Å². The predicted molar refractivity (Wildman–Crippen MR) is 85.0 cm³/mol. The Labute approximate surface area is 126 Å². The van der Waals surface area contributed by atoms with Crippen LogP contribution in [-0.2, 0) is 10.0 Å². The van der Waals surface area contributed by atoms with Gasteiger partial charge in [0.05, 0.1) is 21.9 Å². The van der Waals surface area contributed by atoms with E-state index in [0.717, 1.165) is 5.39 Å². The first-order valence-corrected chi connectivity index (χ1v) is 7.98. The summed E-state index contributed by atoms with van der Waals surface area (Å²) in [5.74, 6) is 0. The highest BCUT2D eigenvalue weighted by Crippen LogP contribution is 2.30. The maximum atomic E-state index is 12.4. The first kappa shape index (κ1) is 13.8. The molecule has 2 aromatic carbocycles. The van der Waals surface area contributed by atoms with Gasteiger partial charge < -0.3 is 10.7 Å². The van der Waals surface area contributed by atoms with E-state index in [4.69, 9.17) is 17.3 Å². The van der Waals surface area contributed by atoms with E-state index in [0.29, 0.717) is 16.2 Å². The fourth-order valence-corrected chi connectivity index (χ4v) is 3.55. The number of sulfonamides is 1. The smallest absolute Gasteiger partial charge is 0.264 e. The molecule has 0 spiro atoms. The summed E-state index contributed by atoms with van der Waals surface area (Å²) < 4.78 is 27.4. The number of para-hydroxylation sites is 2. The van der Waals surface area contributed by atoms with Crippen molar-refractivity contribution < 1.29 is 8.42 Å². The SMILES string of the molecule is Nc1ccccc1S(=O)(=O)Nc1cccc2c(Cl)c[nH]c12. The fourth-order valence-electron chi connectivity index (χ4n) is 2.13. The third kappa shape index (κ3) is 2.43. The van der Waals surface area contributed by atoms with Crippen molar-refractivity contribution >= 4 is 43.9 Å². The molecule has 3 rings (SSSR count). The average molecular weight is 322 g/mol. The summed E-state index contributed by atoms with van der Waals surface area (Å²) in [4.78, 5) is 3.00. The van der Waals surface area contributed by atoms with Gasteiger partial charge in [-0.05, 0) is 18.2 Å². The number of hydrogen-bond acceptors (Lipinski definition) is 3. The molecule has 0 saturated heterocycles. The Bertz CT molecular complexity index is 919. The largest absolute Gasteiger partial charge is 0.398 e. The standard InChI is InChI=1S/C14H12ClN3O2S/c15-10-8-17-14-9(10)4-3-6-12(14)18-21(19,20)13-7-2-1-5-11(13)16/h1-8,17-18H,16H2. The second-order valence-corrected chi connectivity index (χ2v) is 6.57. The van der Waals surface area contributed by atoms with Gasteiger partial charge in [0, 0.05) is 11.6 Å². The number of hydrogen-bond donors (Lipinski definition) is 3. The Balaban J connectivity index is 2.08. The minimum Gasteiger partial charge on any atom is -0.398 e. The molecule has 1 heterocycles. The zero-order chi connectivity index (χ0) is 15.0. The molecular weight excluding hydrogens is 310 g/mol. The maximum Gasteiger partial charge on any atom is 0.264 e. The molecule has 0 amide bonds. The minimum absolute atomic E-state index is 0.0413. The lowest BCUT2D eigenvalue weighted by Crippen LogP contribution is -2.14. The predicted octanol–water partition coefficient (Wildman–Crippen LogP) is 3.20. The minimum atomic E-state index is -3.76. The molecule has 0 fully saturated rings. The molecule has 4 N–H and O–H groups in total. The van der Waals surface area contributed by atoms with Crippen LogP contribution in [0.4, 0.5) is 11.4 Å². The van der Waals surface area contributed by atoms with Crippen molar-refractivity contribution in [3.05, 3.63) is 53.7 Å². The lowest BCUT2D eigenvalue weighted by Gasteiger charge is -2.10. The topological polar surface area (TPSA) is 88.0 Å². The van der Waals surface area contributed by atoms with Crippen LogP contribution in [0.15, 0.2) is 53.6 Å². The average Bonchev–Trinajstić information content (AvgIpc) is 2.82. The van der Waals surface area contributed by atoms with Crippen LogP contribution >= 0.6 is 11.6 Å². The van der Waals surface area contributed by atoms with Crippen LogP contribution in [0.1, 0.15) is 0 Å². The van der Waals surface area contributed by atoms with Crippen LogP contribution in [-0.4, -0.2) is 13.4 Å². The van der Waals surface area contributed by atoms with E-state index in [2.05, 4.69) is 9.71 Å². The maximum absolute atomic E-state index is 12.4. The molecular formula is C14H12ClN3O2S. The number of halogens is 1. The fraction of sp³-hybridized carbons (Fsp3) is 0. The van der Waals surface area contributed by atoms with Gasteiger partial charge in [-0.15, -0.1) is 0 Å². The lowest BCUT2D eigenvalue weighted by atomic mass is 10.2. The normalized spacial score (nSPS) is 11.7. The Morgan fingerprint density at radius 2 is 1.86 bits per heavy atom. The highest BCUT2D eigenvalue weighted by atomic mass is 35.5. The Morgan fingerprint density at radius 1 is 1.10 bits per heavy atom. The van der Waals surface area contributed by atoms with Crippen molar-refractivity contribution in [3.63, 3.8) is 0 Å². The summed E-state index contributed by atoms with van der Waals surface area (Å²) in [5.41, 5.74) is 6.97. The Morgan fingerprint density at radius 3 is 2.62 bits per heavy atom. The lowest BCUT2D eigenvalue weighted by molar-refractivity contribution is 0.601. The number of aromatic nitrogens is 1. The van der Waals surface area contributed by atoms with Gasteiger partial charge in [0.15, 0.2) is 0 Å². The molecule has 108 valence electrons. The second-order valence-electron chi connectivity index (χ2n) is 4.51. The number of benzene rings is 2. The number of H-pyrrole nitrogens is 1. The van der Waals surface area contributed by atoms with Gasteiger partial charge in [-0.25, -0.2) is 8.42 Å². The van der Waals surface area contributed by atoms with Gasteiger partial charge in [0.25, 0.3) is 10.0 Å². The van der Waals surface area contributed by atoms with Gasteiger partial charge in [-0.2, -0.15) is 0 Å². The summed E-state index contributed by atoms with van der Waals surface area (Å²) in [6.45, 7) is 0. The number of fused-ring (bicyclic) bond motifs is 1. The summed E-state index contributed by atoms with van der Waals surface area (Å²) >= 11 is 6.03. The molecule has 5 nitrogen and oxygen atoms in total. The van der Waals surface area contributed by atoms with Crippen LogP contribution in [0.5, 0.6) is 0 Å². The van der Waals surface area contributed by atoms with E-state index >= 15 is 0 Å². The monoisotopic (exact) mass is 321 g/mol. The zero-order valence-electron chi connectivity index (χ0n) is 10.8. The van der Waals surface area contributed by atoms with E-state index in [-0.39, 0.29) is 10.6 Å². The molecule has 0 aliphatic heterocycles.